The monoisotopic (exact) mass is 696 g/mol. The number of nitrogens with one attached hydrogen (secondary N) is 1. The molecule has 2 atom stereocenters. The van der Waals surface area contributed by atoms with Crippen molar-refractivity contribution >= 4 is 29.1 Å². The summed E-state index contributed by atoms with van der Waals surface area (Å²) in [5.41, 5.74) is 3.42. The highest BCUT2D eigenvalue weighted by molar-refractivity contribution is 7.14. The van der Waals surface area contributed by atoms with Gasteiger partial charge < -0.3 is 20.1 Å². The van der Waals surface area contributed by atoms with E-state index in [0.29, 0.717) is 30.1 Å². The number of aromatic nitrogens is 2. The molecule has 0 aliphatic carbocycles. The van der Waals surface area contributed by atoms with Gasteiger partial charge in [0.25, 0.3) is 5.91 Å². The Bertz CT molecular complexity index is 1730. The van der Waals surface area contributed by atoms with Crippen LogP contribution in [0, 0.1) is 0 Å². The summed E-state index contributed by atoms with van der Waals surface area (Å²) in [5, 5.41) is 12.7. The van der Waals surface area contributed by atoms with Crippen molar-refractivity contribution in [2.45, 2.75) is 96.6 Å². The number of thiophene rings is 1. The number of carbonyl (C=O) groups excluding carboxylic acids is 2. The van der Waals surface area contributed by atoms with Gasteiger partial charge in [-0.2, -0.15) is 0 Å². The largest absolute Gasteiger partial charge is 0.494 e. The minimum atomic E-state index is -1.03. The van der Waals surface area contributed by atoms with Crippen molar-refractivity contribution in [3.05, 3.63) is 88.4 Å². The topological polar surface area (TPSA) is 122 Å². The van der Waals surface area contributed by atoms with Gasteiger partial charge in [0.15, 0.2) is 5.82 Å². The summed E-state index contributed by atoms with van der Waals surface area (Å²) in [6, 6.07) is 17.4. The highest BCUT2D eigenvalue weighted by Crippen LogP contribution is 2.30. The summed E-state index contributed by atoms with van der Waals surface area (Å²) < 4.78 is 5.90. The van der Waals surface area contributed by atoms with Crippen LogP contribution in [0.15, 0.2) is 73.1 Å². The number of benzene rings is 2. The van der Waals surface area contributed by atoms with Crippen molar-refractivity contribution in [2.24, 2.45) is 0 Å². The molecular weight excluding hydrogens is 649 g/mol. The number of carboxylic acid groups (broad SMARTS) is 1. The average Bonchev–Trinajstić information content (AvgIpc) is 3.82. The molecular formula is C40H48N4O5S. The van der Waals surface area contributed by atoms with Crippen LogP contribution in [0.4, 0.5) is 0 Å². The van der Waals surface area contributed by atoms with Gasteiger partial charge in [-0.3, -0.25) is 9.59 Å². The van der Waals surface area contributed by atoms with Gasteiger partial charge in [-0.15, -0.1) is 11.3 Å². The van der Waals surface area contributed by atoms with E-state index in [9.17, 15) is 19.5 Å². The second-order valence-corrected chi connectivity index (χ2v) is 15.0. The lowest BCUT2D eigenvalue weighted by molar-refractivity contribution is -0.148. The molecule has 9 nitrogen and oxygen atoms in total. The number of carbonyl (C=O) groups is 3. The predicted octanol–water partition coefficient (Wildman–Crippen LogP) is 7.94. The molecule has 264 valence electrons. The van der Waals surface area contributed by atoms with Crippen LogP contribution in [0.25, 0.3) is 22.5 Å². The van der Waals surface area contributed by atoms with Crippen molar-refractivity contribution in [1.29, 1.82) is 0 Å². The maximum atomic E-state index is 13.8. The van der Waals surface area contributed by atoms with E-state index in [1.54, 1.807) is 18.5 Å². The number of hydrogen-bond acceptors (Lipinski definition) is 7. The van der Waals surface area contributed by atoms with E-state index in [2.05, 4.69) is 43.0 Å². The fourth-order valence-corrected chi connectivity index (χ4v) is 7.04. The molecule has 0 spiro atoms. The van der Waals surface area contributed by atoms with Gasteiger partial charge in [0.2, 0.25) is 5.91 Å². The van der Waals surface area contributed by atoms with Gasteiger partial charge in [0.1, 0.15) is 17.8 Å². The molecule has 0 radical (unpaired) electrons. The molecule has 5 rings (SSSR count). The van der Waals surface area contributed by atoms with Crippen molar-refractivity contribution in [2.75, 3.05) is 13.2 Å². The lowest BCUT2D eigenvalue weighted by Gasteiger charge is -2.27. The third kappa shape index (κ3) is 9.56. The van der Waals surface area contributed by atoms with E-state index in [0.717, 1.165) is 45.9 Å². The normalized spacial score (nSPS) is 15.1. The SMILES string of the molecule is CCCCCCCOc1ccc(-c2cnc(-c3ccc(C[C@H](NC(=O)c4ccc(C(C)(C)C)s4)C(=O)N4CCC[C@@H]4C(=O)O)cc3)nc2)cc1. The van der Waals surface area contributed by atoms with Crippen LogP contribution in [-0.2, 0) is 21.4 Å². The van der Waals surface area contributed by atoms with Gasteiger partial charge in [0.05, 0.1) is 11.5 Å². The molecule has 50 heavy (non-hydrogen) atoms. The molecule has 1 aliphatic heterocycles. The smallest absolute Gasteiger partial charge is 0.326 e. The molecule has 3 heterocycles. The summed E-state index contributed by atoms with van der Waals surface area (Å²) in [6.07, 6.45) is 10.8. The maximum Gasteiger partial charge on any atom is 0.326 e. The maximum absolute atomic E-state index is 13.8. The van der Waals surface area contributed by atoms with E-state index < -0.39 is 18.1 Å². The van der Waals surface area contributed by atoms with E-state index in [1.165, 1.54) is 41.9 Å². The van der Waals surface area contributed by atoms with Crippen LogP contribution in [0.2, 0.25) is 0 Å². The number of nitrogens with zero attached hydrogens (tertiary/aromatic N) is 3. The number of rotatable bonds is 15. The standard InChI is InChI=1S/C40H48N4O5S/c1-5-6-7-8-9-23-49-31-18-16-28(17-19-31)30-25-41-36(42-26-30)29-14-12-27(13-15-29)24-32(38(46)44-22-10-11-33(44)39(47)48)43-37(45)34-20-21-35(50-34)40(2,3)4/h12-21,25-26,32-33H,5-11,22-24H2,1-4H3,(H,43,45)(H,47,48)/t32-,33+/m0/s1. The molecule has 0 bridgehead atoms. The van der Waals surface area contributed by atoms with Gasteiger partial charge in [-0.25, -0.2) is 14.8 Å². The number of unbranched alkanes of at least 4 members (excludes halogenated alkanes) is 4. The molecule has 4 aromatic rings. The third-order valence-electron chi connectivity index (χ3n) is 9.00. The lowest BCUT2D eigenvalue weighted by Crippen LogP contribution is -2.52. The first-order chi connectivity index (χ1) is 24.0. The lowest BCUT2D eigenvalue weighted by atomic mass is 9.95. The molecule has 1 fully saturated rings. The highest BCUT2D eigenvalue weighted by Gasteiger charge is 2.38. The molecule has 0 saturated carbocycles. The second kappa shape index (κ2) is 16.9. The first-order valence-electron chi connectivity index (χ1n) is 17.6. The first kappa shape index (κ1) is 36.7. The van der Waals surface area contributed by atoms with Crippen molar-refractivity contribution in [3.63, 3.8) is 0 Å². The first-order valence-corrected chi connectivity index (χ1v) is 18.4. The average molecular weight is 697 g/mol. The van der Waals surface area contributed by atoms with Crippen LogP contribution in [0.1, 0.15) is 92.8 Å². The zero-order valence-electron chi connectivity index (χ0n) is 29.5. The van der Waals surface area contributed by atoms with Crippen molar-refractivity contribution in [3.8, 4) is 28.3 Å². The predicted molar refractivity (Wildman–Crippen MR) is 198 cm³/mol. The Morgan fingerprint density at radius 3 is 2.24 bits per heavy atom. The molecule has 2 aromatic heterocycles. The summed E-state index contributed by atoms with van der Waals surface area (Å²) in [6.45, 7) is 9.54. The van der Waals surface area contributed by atoms with Gasteiger partial charge in [-0.05, 0) is 60.1 Å². The van der Waals surface area contributed by atoms with Crippen molar-refractivity contribution < 1.29 is 24.2 Å². The Morgan fingerprint density at radius 2 is 1.60 bits per heavy atom. The quantitative estimate of drug-likeness (QED) is 0.121. The summed E-state index contributed by atoms with van der Waals surface area (Å²) in [5.74, 6) is -0.341. The van der Waals surface area contributed by atoms with Gasteiger partial charge in [-0.1, -0.05) is 89.8 Å². The minimum Gasteiger partial charge on any atom is -0.494 e. The van der Waals surface area contributed by atoms with E-state index >= 15 is 0 Å². The molecule has 2 N–H and O–H groups in total. The molecule has 2 aromatic carbocycles. The number of amides is 2. The van der Waals surface area contributed by atoms with Crippen LogP contribution < -0.4 is 10.1 Å². The Hall–Kier alpha value is -4.57. The zero-order valence-corrected chi connectivity index (χ0v) is 30.3. The molecule has 0 unspecified atom stereocenters. The fourth-order valence-electron chi connectivity index (χ4n) is 6.07. The molecule has 1 saturated heterocycles. The number of aliphatic carboxylic acids is 1. The summed E-state index contributed by atoms with van der Waals surface area (Å²) >= 11 is 1.40. The van der Waals surface area contributed by atoms with Gasteiger partial charge in [0, 0.05) is 41.4 Å². The Balaban J connectivity index is 1.24. The zero-order chi connectivity index (χ0) is 35.7. The Morgan fingerprint density at radius 1 is 0.920 bits per heavy atom. The summed E-state index contributed by atoms with van der Waals surface area (Å²) in [7, 11) is 0. The second-order valence-electron chi connectivity index (χ2n) is 14.0. The minimum absolute atomic E-state index is 0.109. The fraction of sp³-hybridized carbons (Fsp3) is 0.425. The van der Waals surface area contributed by atoms with E-state index in [4.69, 9.17) is 4.74 Å². The van der Waals surface area contributed by atoms with E-state index in [1.807, 2.05) is 54.6 Å². The van der Waals surface area contributed by atoms with Crippen LogP contribution >= 0.6 is 11.3 Å². The third-order valence-corrected chi connectivity index (χ3v) is 10.5. The number of carboxylic acids is 1. The van der Waals surface area contributed by atoms with Crippen LogP contribution in [0.3, 0.4) is 0 Å². The number of hydrogen-bond donors (Lipinski definition) is 2. The van der Waals surface area contributed by atoms with Gasteiger partial charge >= 0.3 is 5.97 Å². The Kier molecular flexibility index (Phi) is 12.4. The van der Waals surface area contributed by atoms with Crippen LogP contribution in [-0.4, -0.2) is 63.0 Å². The number of likely N-dealkylation sites (tertiary alicyclic amines) is 1. The Labute approximate surface area is 299 Å². The van der Waals surface area contributed by atoms with Crippen LogP contribution in [0.5, 0.6) is 5.75 Å². The number of ether oxygens (including phenoxy) is 1. The summed E-state index contributed by atoms with van der Waals surface area (Å²) in [4.78, 5) is 51.2. The molecule has 10 heteroatoms. The molecule has 1 aliphatic rings. The van der Waals surface area contributed by atoms with Crippen molar-refractivity contribution in [1.82, 2.24) is 20.2 Å². The molecule has 2 amide bonds. The highest BCUT2D eigenvalue weighted by atomic mass is 32.1. The van der Waals surface area contributed by atoms with E-state index in [-0.39, 0.29) is 23.7 Å².